The van der Waals surface area contributed by atoms with Crippen molar-refractivity contribution in [2.24, 2.45) is 11.3 Å². The van der Waals surface area contributed by atoms with Gasteiger partial charge in [-0.15, -0.1) is 0 Å². The van der Waals surface area contributed by atoms with Gasteiger partial charge in [0.1, 0.15) is 17.5 Å². The summed E-state index contributed by atoms with van der Waals surface area (Å²) in [5.41, 5.74) is 0.354. The molecule has 0 radical (unpaired) electrons. The van der Waals surface area contributed by atoms with E-state index < -0.39 is 6.04 Å². The fraction of sp³-hybridized carbons (Fsp3) is 0.579. The van der Waals surface area contributed by atoms with Crippen LogP contribution in [0, 0.1) is 11.3 Å². The van der Waals surface area contributed by atoms with Crippen molar-refractivity contribution in [3.8, 4) is 11.5 Å². The Morgan fingerprint density at radius 2 is 1.56 bits per heavy atom. The lowest BCUT2D eigenvalue weighted by atomic mass is 9.96. The molecular weight excluding hydrogens is 320 g/mol. The quantitative estimate of drug-likeness (QED) is 0.792. The monoisotopic (exact) mass is 350 g/mol. The molecule has 0 aliphatic carbocycles. The molecule has 2 N–H and O–H groups in total. The van der Waals surface area contributed by atoms with Crippen molar-refractivity contribution >= 4 is 11.8 Å². The van der Waals surface area contributed by atoms with Gasteiger partial charge in [-0.1, -0.05) is 34.6 Å². The number of hydrogen-bond donors (Lipinski definition) is 2. The first kappa shape index (κ1) is 20.8. The molecule has 0 saturated heterocycles. The predicted molar refractivity (Wildman–Crippen MR) is 98.1 cm³/mol. The molecule has 0 saturated carbocycles. The second-order valence-corrected chi connectivity index (χ2v) is 7.57. The van der Waals surface area contributed by atoms with Crippen LogP contribution in [0.2, 0.25) is 0 Å². The molecule has 0 aliphatic rings. The zero-order chi connectivity index (χ0) is 19.2. The highest BCUT2D eigenvalue weighted by Gasteiger charge is 2.26. The number of rotatable bonds is 7. The van der Waals surface area contributed by atoms with Crippen LogP contribution < -0.4 is 20.1 Å². The highest BCUT2D eigenvalue weighted by Crippen LogP contribution is 2.22. The lowest BCUT2D eigenvalue weighted by molar-refractivity contribution is -0.124. The van der Waals surface area contributed by atoms with E-state index in [4.69, 9.17) is 9.47 Å². The summed E-state index contributed by atoms with van der Waals surface area (Å²) in [6, 6.07) is 4.30. The number of nitrogens with one attached hydrogen (secondary N) is 2. The summed E-state index contributed by atoms with van der Waals surface area (Å²) in [4.78, 5) is 25.1. The van der Waals surface area contributed by atoms with Gasteiger partial charge in [-0.2, -0.15) is 0 Å². The van der Waals surface area contributed by atoms with E-state index in [0.717, 1.165) is 0 Å². The largest absolute Gasteiger partial charge is 0.497 e. The Labute approximate surface area is 150 Å². The summed E-state index contributed by atoms with van der Waals surface area (Å²) < 4.78 is 10.4. The molecule has 6 heteroatoms. The average Bonchev–Trinajstić information content (AvgIpc) is 2.55. The number of hydrogen-bond acceptors (Lipinski definition) is 4. The van der Waals surface area contributed by atoms with Crippen molar-refractivity contribution in [3.63, 3.8) is 0 Å². The smallest absolute Gasteiger partial charge is 0.252 e. The third-order valence-electron chi connectivity index (χ3n) is 3.64. The number of carbonyl (C=O) groups is 2. The van der Waals surface area contributed by atoms with E-state index in [9.17, 15) is 9.59 Å². The zero-order valence-electron chi connectivity index (χ0n) is 16.2. The van der Waals surface area contributed by atoms with E-state index in [1.54, 1.807) is 18.2 Å². The lowest BCUT2D eigenvalue weighted by Gasteiger charge is -2.25. The molecule has 2 amide bonds. The van der Waals surface area contributed by atoms with Gasteiger partial charge in [-0.25, -0.2) is 0 Å². The van der Waals surface area contributed by atoms with E-state index in [1.807, 2.05) is 34.6 Å². The second-order valence-electron chi connectivity index (χ2n) is 7.57. The first-order valence-electron chi connectivity index (χ1n) is 8.39. The molecule has 1 rings (SSSR count). The highest BCUT2D eigenvalue weighted by atomic mass is 16.5. The summed E-state index contributed by atoms with van der Waals surface area (Å²) >= 11 is 0. The third-order valence-corrected chi connectivity index (χ3v) is 3.64. The summed E-state index contributed by atoms with van der Waals surface area (Å²) in [5, 5.41) is 5.71. The summed E-state index contributed by atoms with van der Waals surface area (Å²) in [6.07, 6.45) is 0. The van der Waals surface area contributed by atoms with Crippen molar-refractivity contribution < 1.29 is 19.1 Å². The maximum atomic E-state index is 12.6. The minimum atomic E-state index is -0.618. The Morgan fingerprint density at radius 1 is 1.04 bits per heavy atom. The molecule has 1 atom stereocenters. The van der Waals surface area contributed by atoms with E-state index in [-0.39, 0.29) is 23.1 Å². The van der Waals surface area contributed by atoms with E-state index in [1.165, 1.54) is 14.2 Å². The Balaban J connectivity index is 2.91. The van der Waals surface area contributed by atoms with Gasteiger partial charge in [0, 0.05) is 18.2 Å². The van der Waals surface area contributed by atoms with Gasteiger partial charge in [0.25, 0.3) is 5.91 Å². The molecule has 6 nitrogen and oxygen atoms in total. The van der Waals surface area contributed by atoms with Gasteiger partial charge >= 0.3 is 0 Å². The maximum Gasteiger partial charge on any atom is 0.252 e. The van der Waals surface area contributed by atoms with Crippen LogP contribution in [0.3, 0.4) is 0 Å². The highest BCUT2D eigenvalue weighted by molar-refractivity contribution is 5.98. The fourth-order valence-corrected chi connectivity index (χ4v) is 2.16. The number of amides is 2. The molecule has 0 fully saturated rings. The van der Waals surface area contributed by atoms with Crippen LogP contribution in [-0.4, -0.2) is 38.6 Å². The number of ether oxygens (including phenoxy) is 2. The summed E-state index contributed by atoms with van der Waals surface area (Å²) in [7, 11) is 3.04. The molecule has 25 heavy (non-hydrogen) atoms. The van der Waals surface area contributed by atoms with Crippen LogP contribution >= 0.6 is 0 Å². The molecule has 140 valence electrons. The molecule has 1 unspecified atom stereocenters. The Bertz CT molecular complexity index is 584. The van der Waals surface area contributed by atoms with Gasteiger partial charge in [0.15, 0.2) is 0 Å². The molecule has 0 spiro atoms. The van der Waals surface area contributed by atoms with Gasteiger partial charge in [-0.3, -0.25) is 9.59 Å². The summed E-state index contributed by atoms with van der Waals surface area (Å²) in [6.45, 7) is 10.5. The fourth-order valence-electron chi connectivity index (χ4n) is 2.16. The zero-order valence-corrected chi connectivity index (χ0v) is 16.2. The lowest BCUT2D eigenvalue weighted by Crippen LogP contribution is -2.51. The standard InChI is InChI=1S/C19H30N2O4/c1-12(2)16(18(23)20-11-19(3,4)5)21-17(22)13-8-14(24-6)10-15(9-13)25-7/h8-10,12,16H,11H2,1-7H3,(H,20,23)(H,21,22). The van der Waals surface area contributed by atoms with Crippen LogP contribution in [0.4, 0.5) is 0 Å². The van der Waals surface area contributed by atoms with Crippen LogP contribution in [0.15, 0.2) is 18.2 Å². The molecule has 1 aromatic rings. The van der Waals surface area contributed by atoms with Crippen molar-refractivity contribution in [2.75, 3.05) is 20.8 Å². The first-order chi connectivity index (χ1) is 11.6. The molecule has 1 aromatic carbocycles. The maximum absolute atomic E-state index is 12.6. The first-order valence-corrected chi connectivity index (χ1v) is 8.39. The molecule has 0 heterocycles. The van der Waals surface area contributed by atoms with E-state index in [0.29, 0.717) is 23.6 Å². The van der Waals surface area contributed by atoms with Crippen molar-refractivity contribution in [3.05, 3.63) is 23.8 Å². The van der Waals surface area contributed by atoms with Crippen molar-refractivity contribution in [1.29, 1.82) is 0 Å². The van der Waals surface area contributed by atoms with E-state index in [2.05, 4.69) is 10.6 Å². The predicted octanol–water partition coefficient (Wildman–Crippen LogP) is 2.62. The van der Waals surface area contributed by atoms with Crippen LogP contribution in [0.25, 0.3) is 0 Å². The average molecular weight is 350 g/mol. The van der Waals surface area contributed by atoms with Gasteiger partial charge in [0.2, 0.25) is 5.91 Å². The number of methoxy groups -OCH3 is 2. The van der Waals surface area contributed by atoms with Gasteiger partial charge < -0.3 is 20.1 Å². The van der Waals surface area contributed by atoms with Crippen molar-refractivity contribution in [2.45, 2.75) is 40.7 Å². The molecule has 0 aromatic heterocycles. The minimum absolute atomic E-state index is 0.0264. The van der Waals surface area contributed by atoms with Crippen LogP contribution in [-0.2, 0) is 4.79 Å². The Morgan fingerprint density at radius 3 is 1.96 bits per heavy atom. The van der Waals surface area contributed by atoms with Gasteiger partial charge in [-0.05, 0) is 23.5 Å². The number of benzene rings is 1. The third kappa shape index (κ3) is 6.64. The van der Waals surface area contributed by atoms with Crippen molar-refractivity contribution in [1.82, 2.24) is 10.6 Å². The van der Waals surface area contributed by atoms with E-state index >= 15 is 0 Å². The van der Waals surface area contributed by atoms with Crippen LogP contribution in [0.5, 0.6) is 11.5 Å². The second kappa shape index (κ2) is 8.74. The van der Waals surface area contributed by atoms with Gasteiger partial charge in [0.05, 0.1) is 14.2 Å². The normalized spacial score (nSPS) is 12.5. The Kier molecular flexibility index (Phi) is 7.27. The topological polar surface area (TPSA) is 76.7 Å². The minimum Gasteiger partial charge on any atom is -0.497 e. The van der Waals surface area contributed by atoms with Crippen LogP contribution in [0.1, 0.15) is 45.0 Å². The molecule has 0 aliphatic heterocycles. The molecule has 0 bridgehead atoms. The Hall–Kier alpha value is -2.24. The summed E-state index contributed by atoms with van der Waals surface area (Å²) in [5.74, 6) is 0.455. The molecular formula is C19H30N2O4. The number of carbonyl (C=O) groups excluding carboxylic acids is 2. The SMILES string of the molecule is COc1cc(OC)cc(C(=O)NC(C(=O)NCC(C)(C)C)C(C)C)c1.